The molecular formula is C18H15BrN2O4. The number of fused-ring (bicyclic) bond motifs is 1. The van der Waals surface area contributed by atoms with Gasteiger partial charge in [-0.25, -0.2) is 4.99 Å². The Morgan fingerprint density at radius 3 is 2.68 bits per heavy atom. The Hall–Kier alpha value is -2.51. The Morgan fingerprint density at radius 1 is 1.28 bits per heavy atom. The van der Waals surface area contributed by atoms with Crippen molar-refractivity contribution >= 4 is 39.2 Å². The molecular weight excluding hydrogens is 388 g/mol. The standard InChI is InChI=1S/C18H15BrN2O4/c1-25-15(22)10-21-14-8-7-12(19)9-13(14)16(20-17(23)18(21)24)11-5-3-2-4-6-11/h2-9,17,23H,10H2,1H3. The van der Waals surface area contributed by atoms with Crippen LogP contribution in [0.1, 0.15) is 11.1 Å². The molecule has 2 aromatic carbocycles. The second-order valence-corrected chi connectivity index (χ2v) is 6.30. The molecule has 25 heavy (non-hydrogen) atoms. The minimum Gasteiger partial charge on any atom is -0.468 e. The fourth-order valence-corrected chi connectivity index (χ4v) is 2.98. The number of nitrogens with zero attached hydrogens (tertiary/aromatic N) is 2. The number of esters is 1. The summed E-state index contributed by atoms with van der Waals surface area (Å²) in [5.41, 5.74) is 2.35. The molecule has 128 valence electrons. The van der Waals surface area contributed by atoms with Crippen molar-refractivity contribution in [3.8, 4) is 0 Å². The molecule has 1 amide bonds. The number of benzodiazepines with no additional fused rings is 1. The minimum atomic E-state index is -1.61. The molecule has 1 N–H and O–H groups in total. The number of rotatable bonds is 3. The zero-order valence-corrected chi connectivity index (χ0v) is 14.9. The highest BCUT2D eigenvalue weighted by atomic mass is 79.9. The van der Waals surface area contributed by atoms with Crippen molar-refractivity contribution in [3.63, 3.8) is 0 Å². The van der Waals surface area contributed by atoms with Crippen molar-refractivity contribution in [1.29, 1.82) is 0 Å². The van der Waals surface area contributed by atoms with Crippen LogP contribution in [0.4, 0.5) is 5.69 Å². The maximum atomic E-state index is 12.6. The number of benzene rings is 2. The summed E-state index contributed by atoms with van der Waals surface area (Å²) < 4.78 is 5.46. The van der Waals surface area contributed by atoms with Gasteiger partial charge in [0.2, 0.25) is 6.23 Å². The number of carbonyl (C=O) groups excluding carboxylic acids is 2. The van der Waals surface area contributed by atoms with E-state index in [1.807, 2.05) is 30.3 Å². The molecule has 1 heterocycles. The van der Waals surface area contributed by atoms with Gasteiger partial charge in [-0.3, -0.25) is 14.5 Å². The van der Waals surface area contributed by atoms with Crippen LogP contribution in [-0.2, 0) is 14.3 Å². The maximum Gasteiger partial charge on any atom is 0.325 e. The molecule has 1 atom stereocenters. The van der Waals surface area contributed by atoms with Gasteiger partial charge in [-0.2, -0.15) is 0 Å². The van der Waals surface area contributed by atoms with E-state index in [0.29, 0.717) is 17.0 Å². The Kier molecular flexibility index (Phi) is 4.96. The first-order valence-corrected chi connectivity index (χ1v) is 8.30. The molecule has 0 bridgehead atoms. The predicted octanol–water partition coefficient (Wildman–Crippen LogP) is 2.12. The van der Waals surface area contributed by atoms with E-state index in [2.05, 4.69) is 25.7 Å². The molecule has 1 aliphatic rings. The van der Waals surface area contributed by atoms with E-state index in [4.69, 9.17) is 0 Å². The smallest absolute Gasteiger partial charge is 0.325 e. The molecule has 0 fully saturated rings. The van der Waals surface area contributed by atoms with Gasteiger partial charge in [-0.1, -0.05) is 46.3 Å². The minimum absolute atomic E-state index is 0.307. The molecule has 0 saturated carbocycles. The third-order valence-corrected chi connectivity index (χ3v) is 4.30. The van der Waals surface area contributed by atoms with Gasteiger partial charge in [0, 0.05) is 15.6 Å². The highest BCUT2D eigenvalue weighted by Gasteiger charge is 2.32. The summed E-state index contributed by atoms with van der Waals surface area (Å²) in [6, 6.07) is 14.5. The first-order valence-electron chi connectivity index (χ1n) is 7.50. The lowest BCUT2D eigenvalue weighted by Crippen LogP contribution is -2.41. The molecule has 6 nitrogen and oxygen atoms in total. The zero-order chi connectivity index (χ0) is 18.0. The topological polar surface area (TPSA) is 79.2 Å². The van der Waals surface area contributed by atoms with Gasteiger partial charge in [-0.05, 0) is 18.2 Å². The van der Waals surface area contributed by atoms with Gasteiger partial charge in [-0.15, -0.1) is 0 Å². The summed E-state index contributed by atoms with van der Waals surface area (Å²) in [5.74, 6) is -1.27. The van der Waals surface area contributed by atoms with Gasteiger partial charge in [0.25, 0.3) is 5.91 Å². The summed E-state index contributed by atoms with van der Waals surface area (Å²) in [7, 11) is 1.25. The van der Waals surface area contributed by atoms with Crippen LogP contribution < -0.4 is 4.90 Å². The molecule has 3 rings (SSSR count). The number of ether oxygens (including phenoxy) is 1. The summed E-state index contributed by atoms with van der Waals surface area (Å²) in [6.45, 7) is -0.307. The third-order valence-electron chi connectivity index (χ3n) is 3.80. The molecule has 0 spiro atoms. The average Bonchev–Trinajstić information content (AvgIpc) is 2.72. The van der Waals surface area contributed by atoms with Crippen molar-refractivity contribution in [2.24, 2.45) is 4.99 Å². The number of hydrogen-bond donors (Lipinski definition) is 1. The Morgan fingerprint density at radius 2 is 2.00 bits per heavy atom. The number of aliphatic imine (C=N–C) groups is 1. The molecule has 0 saturated heterocycles. The first-order chi connectivity index (χ1) is 12.0. The SMILES string of the molecule is COC(=O)CN1C(=O)C(O)N=C(c2ccccc2)c2cc(Br)ccc21. The number of aliphatic hydroxyl groups is 1. The van der Waals surface area contributed by atoms with E-state index in [1.54, 1.807) is 18.2 Å². The number of amides is 1. The normalized spacial score (nSPS) is 16.8. The van der Waals surface area contributed by atoms with Crippen LogP contribution in [0.5, 0.6) is 0 Å². The molecule has 0 aliphatic carbocycles. The average molecular weight is 403 g/mol. The lowest BCUT2D eigenvalue weighted by molar-refractivity contribution is -0.140. The summed E-state index contributed by atoms with van der Waals surface area (Å²) in [6.07, 6.45) is -1.61. The highest BCUT2D eigenvalue weighted by molar-refractivity contribution is 9.10. The fourth-order valence-electron chi connectivity index (χ4n) is 2.62. The number of hydrogen-bond acceptors (Lipinski definition) is 5. The van der Waals surface area contributed by atoms with Crippen LogP contribution in [0.2, 0.25) is 0 Å². The van der Waals surface area contributed by atoms with E-state index in [0.717, 1.165) is 10.0 Å². The van der Waals surface area contributed by atoms with E-state index in [1.165, 1.54) is 12.0 Å². The number of methoxy groups -OCH3 is 1. The molecule has 7 heteroatoms. The van der Waals surface area contributed by atoms with Crippen LogP contribution in [0, 0.1) is 0 Å². The maximum absolute atomic E-state index is 12.6. The first kappa shape index (κ1) is 17.3. The molecule has 2 aromatic rings. The van der Waals surface area contributed by atoms with Crippen LogP contribution in [0.15, 0.2) is 58.0 Å². The summed E-state index contributed by atoms with van der Waals surface area (Å²) in [5, 5.41) is 10.2. The number of anilines is 1. The van der Waals surface area contributed by atoms with Crippen molar-refractivity contribution in [2.75, 3.05) is 18.6 Å². The Bertz CT molecular complexity index is 851. The van der Waals surface area contributed by atoms with Gasteiger partial charge < -0.3 is 9.84 Å². The van der Waals surface area contributed by atoms with Crippen LogP contribution >= 0.6 is 15.9 Å². The van der Waals surface area contributed by atoms with Gasteiger partial charge in [0.05, 0.1) is 18.5 Å². The molecule has 1 aliphatic heterocycles. The predicted molar refractivity (Wildman–Crippen MR) is 96.6 cm³/mol. The second kappa shape index (κ2) is 7.16. The number of halogens is 1. The third kappa shape index (κ3) is 3.47. The molecule has 0 aromatic heterocycles. The Balaban J connectivity index is 2.20. The second-order valence-electron chi connectivity index (χ2n) is 5.38. The van der Waals surface area contributed by atoms with E-state index in [-0.39, 0.29) is 6.54 Å². The van der Waals surface area contributed by atoms with Crippen LogP contribution in [0.25, 0.3) is 0 Å². The van der Waals surface area contributed by atoms with Crippen LogP contribution in [0.3, 0.4) is 0 Å². The fraction of sp³-hybridized carbons (Fsp3) is 0.167. The monoisotopic (exact) mass is 402 g/mol. The van der Waals surface area contributed by atoms with Crippen molar-refractivity contribution < 1.29 is 19.4 Å². The molecule has 1 unspecified atom stereocenters. The van der Waals surface area contributed by atoms with E-state index < -0.39 is 18.1 Å². The van der Waals surface area contributed by atoms with E-state index in [9.17, 15) is 14.7 Å². The van der Waals surface area contributed by atoms with Gasteiger partial charge in [0.15, 0.2) is 0 Å². The highest BCUT2D eigenvalue weighted by Crippen LogP contribution is 2.30. The van der Waals surface area contributed by atoms with E-state index >= 15 is 0 Å². The van der Waals surface area contributed by atoms with Crippen molar-refractivity contribution in [1.82, 2.24) is 0 Å². The van der Waals surface area contributed by atoms with Crippen LogP contribution in [-0.4, -0.2) is 42.6 Å². The lowest BCUT2D eigenvalue weighted by Gasteiger charge is -2.22. The lowest BCUT2D eigenvalue weighted by atomic mass is 10.0. The number of aliphatic hydroxyl groups excluding tert-OH is 1. The van der Waals surface area contributed by atoms with Gasteiger partial charge in [0.1, 0.15) is 6.54 Å². The largest absolute Gasteiger partial charge is 0.468 e. The van der Waals surface area contributed by atoms with Crippen molar-refractivity contribution in [3.05, 3.63) is 64.1 Å². The molecule has 0 radical (unpaired) electrons. The number of carbonyl (C=O) groups is 2. The zero-order valence-electron chi connectivity index (χ0n) is 13.3. The summed E-state index contributed by atoms with van der Waals surface area (Å²) in [4.78, 5) is 29.7. The Labute approximate surface area is 152 Å². The van der Waals surface area contributed by atoms with Gasteiger partial charge >= 0.3 is 5.97 Å². The van der Waals surface area contributed by atoms with Crippen molar-refractivity contribution in [2.45, 2.75) is 6.23 Å². The quantitative estimate of drug-likeness (QED) is 0.797. The summed E-state index contributed by atoms with van der Waals surface area (Å²) >= 11 is 3.42.